The summed E-state index contributed by atoms with van der Waals surface area (Å²) in [5, 5.41) is 10.7. The highest BCUT2D eigenvalue weighted by Crippen LogP contribution is 2.31. The van der Waals surface area contributed by atoms with Crippen molar-refractivity contribution in [2.45, 2.75) is 19.4 Å². The summed E-state index contributed by atoms with van der Waals surface area (Å²) >= 11 is 5.42. The fourth-order valence-corrected chi connectivity index (χ4v) is 4.40. The van der Waals surface area contributed by atoms with E-state index in [9.17, 15) is 0 Å². The van der Waals surface area contributed by atoms with E-state index in [1.165, 1.54) is 26.4 Å². The molecule has 0 aliphatic rings. The van der Waals surface area contributed by atoms with Gasteiger partial charge >= 0.3 is 0 Å². The van der Waals surface area contributed by atoms with Crippen molar-refractivity contribution in [2.75, 3.05) is 6.54 Å². The molecule has 3 heteroatoms. The Morgan fingerprint density at radius 2 is 1.90 bits per heavy atom. The number of fused-ring (bicyclic) bond motifs is 1. The first kappa shape index (κ1) is 14.8. The van der Waals surface area contributed by atoms with E-state index >= 15 is 0 Å². The summed E-state index contributed by atoms with van der Waals surface area (Å²) in [6.07, 6.45) is 1.00. The first-order valence-electron chi connectivity index (χ1n) is 7.21. The first-order chi connectivity index (χ1) is 10.3. The molecule has 1 nitrogen and oxygen atoms in total. The van der Waals surface area contributed by atoms with Crippen LogP contribution in [0.3, 0.4) is 0 Å². The summed E-state index contributed by atoms with van der Waals surface area (Å²) < 4.78 is 1.21. The fraction of sp³-hybridized carbons (Fsp3) is 0.222. The Morgan fingerprint density at radius 1 is 1.10 bits per heavy atom. The Morgan fingerprint density at radius 3 is 2.67 bits per heavy atom. The van der Waals surface area contributed by atoms with Crippen LogP contribution in [-0.4, -0.2) is 6.54 Å². The second-order valence-electron chi connectivity index (χ2n) is 5.13. The van der Waals surface area contributed by atoms with Crippen molar-refractivity contribution in [1.29, 1.82) is 0 Å². The zero-order chi connectivity index (χ0) is 14.7. The van der Waals surface area contributed by atoms with Gasteiger partial charge in [0.15, 0.2) is 0 Å². The van der Waals surface area contributed by atoms with E-state index < -0.39 is 0 Å². The molecule has 1 aromatic heterocycles. The number of hydrogen-bond acceptors (Lipinski definition) is 2. The molecule has 1 N–H and O–H groups in total. The summed E-state index contributed by atoms with van der Waals surface area (Å²) in [6, 6.07) is 15.6. The van der Waals surface area contributed by atoms with E-state index in [0.717, 1.165) is 13.0 Å². The van der Waals surface area contributed by atoms with Crippen LogP contribution in [0.5, 0.6) is 0 Å². The fourth-order valence-electron chi connectivity index (χ4n) is 2.77. The Kier molecular flexibility index (Phi) is 4.73. The quantitative estimate of drug-likeness (QED) is 0.628. The molecule has 0 aliphatic heterocycles. The minimum absolute atomic E-state index is 0.349. The third-order valence-corrected chi connectivity index (χ3v) is 5.52. The van der Waals surface area contributed by atoms with Crippen molar-refractivity contribution in [2.24, 2.45) is 0 Å². The predicted octanol–water partition coefficient (Wildman–Crippen LogP) is 5.56. The van der Waals surface area contributed by atoms with Crippen LogP contribution >= 0.6 is 27.3 Å². The van der Waals surface area contributed by atoms with Crippen molar-refractivity contribution in [3.05, 3.63) is 68.8 Å². The van der Waals surface area contributed by atoms with E-state index in [4.69, 9.17) is 0 Å². The molecule has 108 valence electrons. The highest BCUT2D eigenvalue weighted by molar-refractivity contribution is 9.10. The van der Waals surface area contributed by atoms with Crippen LogP contribution in [0.15, 0.2) is 57.7 Å². The zero-order valence-electron chi connectivity index (χ0n) is 12.0. The monoisotopic (exact) mass is 359 g/mol. The molecular formula is C18H18BrNS. The van der Waals surface area contributed by atoms with Crippen LogP contribution in [0, 0.1) is 0 Å². The summed E-state index contributed by atoms with van der Waals surface area (Å²) in [6.45, 7) is 3.13. The number of hydrogen-bond donors (Lipinski definition) is 1. The summed E-state index contributed by atoms with van der Waals surface area (Å²) in [5.41, 5.74) is 2.76. The summed E-state index contributed by atoms with van der Waals surface area (Å²) in [5.74, 6) is 0. The number of likely N-dealkylation sites (N-methyl/N-ethyl adjacent to an activating group) is 1. The third kappa shape index (κ3) is 3.20. The highest BCUT2D eigenvalue weighted by atomic mass is 79.9. The van der Waals surface area contributed by atoms with Crippen molar-refractivity contribution in [3.63, 3.8) is 0 Å². The number of halogens is 1. The van der Waals surface area contributed by atoms with Crippen LogP contribution in [-0.2, 0) is 6.42 Å². The highest BCUT2D eigenvalue weighted by Gasteiger charge is 2.16. The van der Waals surface area contributed by atoms with E-state index in [-0.39, 0.29) is 0 Å². The topological polar surface area (TPSA) is 12.0 Å². The maximum atomic E-state index is 3.67. The summed E-state index contributed by atoms with van der Waals surface area (Å²) in [7, 11) is 0. The smallest absolute Gasteiger partial charge is 0.0380 e. The predicted molar refractivity (Wildman–Crippen MR) is 96.1 cm³/mol. The molecule has 3 rings (SSSR count). The van der Waals surface area contributed by atoms with Gasteiger partial charge in [-0.05, 0) is 56.2 Å². The molecule has 0 amide bonds. The standard InChI is InChI=1S/C18H18BrNS/c1-2-20-18(16-11-21-12-17(16)19)10-14-8-5-7-13-6-3-4-9-15(13)14/h3-9,11-12,18,20H,2,10H2,1H3. The molecule has 0 radical (unpaired) electrons. The van der Waals surface area contributed by atoms with Gasteiger partial charge in [-0.2, -0.15) is 11.3 Å². The van der Waals surface area contributed by atoms with Gasteiger partial charge in [-0.1, -0.05) is 49.4 Å². The van der Waals surface area contributed by atoms with Gasteiger partial charge in [0.25, 0.3) is 0 Å². The van der Waals surface area contributed by atoms with E-state index in [1.807, 2.05) is 0 Å². The lowest BCUT2D eigenvalue weighted by Gasteiger charge is -2.19. The molecule has 2 aromatic carbocycles. The van der Waals surface area contributed by atoms with Crippen LogP contribution in [0.25, 0.3) is 10.8 Å². The van der Waals surface area contributed by atoms with Crippen LogP contribution in [0.2, 0.25) is 0 Å². The Bertz CT molecular complexity index is 729. The number of benzene rings is 2. The molecule has 21 heavy (non-hydrogen) atoms. The Hall–Kier alpha value is -1.16. The second kappa shape index (κ2) is 6.73. The molecule has 1 unspecified atom stereocenters. The maximum Gasteiger partial charge on any atom is 0.0380 e. The van der Waals surface area contributed by atoms with Crippen molar-refractivity contribution in [3.8, 4) is 0 Å². The van der Waals surface area contributed by atoms with Gasteiger partial charge in [-0.15, -0.1) is 0 Å². The molecule has 3 aromatic rings. The van der Waals surface area contributed by atoms with Gasteiger partial charge in [0.05, 0.1) is 0 Å². The van der Waals surface area contributed by atoms with Gasteiger partial charge in [-0.3, -0.25) is 0 Å². The molecule has 0 fully saturated rings. The second-order valence-corrected chi connectivity index (χ2v) is 6.73. The lowest BCUT2D eigenvalue weighted by Crippen LogP contribution is -2.22. The van der Waals surface area contributed by atoms with Gasteiger partial charge in [0.2, 0.25) is 0 Å². The van der Waals surface area contributed by atoms with Gasteiger partial charge in [-0.25, -0.2) is 0 Å². The lowest BCUT2D eigenvalue weighted by molar-refractivity contribution is 0.551. The molecule has 0 bridgehead atoms. The lowest BCUT2D eigenvalue weighted by atomic mass is 9.96. The molecule has 0 saturated carbocycles. The first-order valence-corrected chi connectivity index (χ1v) is 8.94. The van der Waals surface area contributed by atoms with E-state index in [2.05, 4.69) is 81.4 Å². The van der Waals surface area contributed by atoms with E-state index in [0.29, 0.717) is 6.04 Å². The van der Waals surface area contributed by atoms with Crippen molar-refractivity contribution in [1.82, 2.24) is 5.32 Å². The molecule has 0 spiro atoms. The Labute approximate surface area is 138 Å². The van der Waals surface area contributed by atoms with Crippen LogP contribution < -0.4 is 5.32 Å². The minimum Gasteiger partial charge on any atom is -0.310 e. The van der Waals surface area contributed by atoms with E-state index in [1.54, 1.807) is 11.3 Å². The van der Waals surface area contributed by atoms with Gasteiger partial charge in [0.1, 0.15) is 0 Å². The van der Waals surface area contributed by atoms with Gasteiger partial charge < -0.3 is 5.32 Å². The SMILES string of the molecule is CCNC(Cc1cccc2ccccc12)c1cscc1Br. The summed E-state index contributed by atoms with van der Waals surface area (Å²) in [4.78, 5) is 0. The van der Waals surface area contributed by atoms with Crippen LogP contribution in [0.4, 0.5) is 0 Å². The maximum absolute atomic E-state index is 3.67. The molecule has 0 aliphatic carbocycles. The van der Waals surface area contributed by atoms with Crippen molar-refractivity contribution >= 4 is 38.0 Å². The Balaban J connectivity index is 1.97. The minimum atomic E-state index is 0.349. The number of thiophene rings is 1. The molecular weight excluding hydrogens is 342 g/mol. The molecule has 1 heterocycles. The van der Waals surface area contributed by atoms with Crippen LogP contribution in [0.1, 0.15) is 24.1 Å². The molecule has 0 saturated heterocycles. The van der Waals surface area contributed by atoms with Crippen molar-refractivity contribution < 1.29 is 0 Å². The molecule has 1 atom stereocenters. The average molecular weight is 360 g/mol. The number of rotatable bonds is 5. The number of nitrogens with one attached hydrogen (secondary N) is 1. The normalized spacial score (nSPS) is 12.7. The zero-order valence-corrected chi connectivity index (χ0v) is 14.4. The van der Waals surface area contributed by atoms with Gasteiger partial charge in [0, 0.05) is 15.9 Å². The largest absolute Gasteiger partial charge is 0.310 e. The average Bonchev–Trinajstić information content (AvgIpc) is 2.93. The third-order valence-electron chi connectivity index (χ3n) is 3.77.